The molecule has 2 aromatic heterocycles. The van der Waals surface area contributed by atoms with Crippen molar-refractivity contribution in [3.63, 3.8) is 0 Å². The van der Waals surface area contributed by atoms with Crippen molar-refractivity contribution in [3.05, 3.63) is 29.3 Å². The molecule has 8 heteroatoms. The topological polar surface area (TPSA) is 57.3 Å². The molecule has 136 valence electrons. The molecule has 0 unspecified atom stereocenters. The summed E-state index contributed by atoms with van der Waals surface area (Å²) in [7, 11) is 1.69. The summed E-state index contributed by atoms with van der Waals surface area (Å²) in [6.07, 6.45) is 3.97. The van der Waals surface area contributed by atoms with E-state index in [-0.39, 0.29) is 12.2 Å². The summed E-state index contributed by atoms with van der Waals surface area (Å²) < 4.78 is 15.7. The monoisotopic (exact) mass is 363 g/mol. The molecule has 2 aromatic rings. The van der Waals surface area contributed by atoms with Gasteiger partial charge in [0.2, 0.25) is 0 Å². The normalized spacial score (nSPS) is 21.6. The molecule has 0 aromatic carbocycles. The fourth-order valence-electron chi connectivity index (χ4n) is 3.22. The Morgan fingerprint density at radius 1 is 1.24 bits per heavy atom. The Balaban J connectivity index is 1.89. The van der Waals surface area contributed by atoms with Crippen molar-refractivity contribution in [2.45, 2.75) is 39.3 Å². The van der Waals surface area contributed by atoms with E-state index in [0.717, 1.165) is 24.5 Å². The van der Waals surface area contributed by atoms with E-state index in [9.17, 15) is 0 Å². The van der Waals surface area contributed by atoms with Crippen LogP contribution in [0.3, 0.4) is 0 Å². The number of aromatic nitrogens is 4. The van der Waals surface area contributed by atoms with Gasteiger partial charge in [0.1, 0.15) is 0 Å². The molecule has 3 heterocycles. The predicted octanol–water partition coefficient (Wildman–Crippen LogP) is 2.19. The highest BCUT2D eigenvalue weighted by atomic mass is 32.1. The van der Waals surface area contributed by atoms with Crippen molar-refractivity contribution in [1.82, 2.24) is 24.2 Å². The van der Waals surface area contributed by atoms with Crippen LogP contribution in [-0.2, 0) is 22.7 Å². The van der Waals surface area contributed by atoms with Gasteiger partial charge < -0.3 is 9.47 Å². The molecule has 0 saturated carbocycles. The summed E-state index contributed by atoms with van der Waals surface area (Å²) in [6.45, 7) is 7.87. The maximum atomic E-state index is 5.81. The molecular weight excluding hydrogens is 338 g/mol. The summed E-state index contributed by atoms with van der Waals surface area (Å²) in [5.41, 5.74) is 1.000. The fourth-order valence-corrected chi connectivity index (χ4v) is 3.50. The zero-order chi connectivity index (χ0) is 17.8. The van der Waals surface area contributed by atoms with Crippen LogP contribution in [0.1, 0.15) is 13.8 Å². The Bertz CT molecular complexity index is 735. The molecule has 0 bridgehead atoms. The molecule has 1 saturated heterocycles. The molecule has 0 aliphatic carbocycles. The molecule has 2 atom stereocenters. The minimum absolute atomic E-state index is 0.216. The second-order valence-electron chi connectivity index (χ2n) is 6.42. The van der Waals surface area contributed by atoms with Crippen LogP contribution < -0.4 is 0 Å². The largest absolute Gasteiger partial charge is 0.383 e. The van der Waals surface area contributed by atoms with Crippen molar-refractivity contribution >= 4 is 12.2 Å². The number of methoxy groups -OCH3 is 1. The van der Waals surface area contributed by atoms with Gasteiger partial charge in [0.15, 0.2) is 10.6 Å². The summed E-state index contributed by atoms with van der Waals surface area (Å²) in [5.74, 6) is 0.846. The van der Waals surface area contributed by atoms with Gasteiger partial charge in [0.05, 0.1) is 32.0 Å². The molecule has 0 amide bonds. The lowest BCUT2D eigenvalue weighted by molar-refractivity contribution is -0.0777. The number of ether oxygens (including phenoxy) is 2. The third-order valence-corrected chi connectivity index (χ3v) is 4.64. The van der Waals surface area contributed by atoms with E-state index < -0.39 is 0 Å². The number of pyridine rings is 1. The Labute approximate surface area is 153 Å². The first-order valence-electron chi connectivity index (χ1n) is 8.53. The van der Waals surface area contributed by atoms with Gasteiger partial charge in [-0.2, -0.15) is 5.10 Å². The molecule has 1 fully saturated rings. The van der Waals surface area contributed by atoms with Crippen molar-refractivity contribution in [1.29, 1.82) is 0 Å². The maximum Gasteiger partial charge on any atom is 0.199 e. The van der Waals surface area contributed by atoms with Gasteiger partial charge in [0.25, 0.3) is 0 Å². The van der Waals surface area contributed by atoms with Crippen LogP contribution in [0, 0.1) is 4.77 Å². The number of hydrogen-bond donors (Lipinski definition) is 0. The van der Waals surface area contributed by atoms with Gasteiger partial charge in [-0.15, -0.1) is 0 Å². The lowest BCUT2D eigenvalue weighted by Crippen LogP contribution is -2.46. The van der Waals surface area contributed by atoms with Crippen molar-refractivity contribution in [2.75, 3.05) is 26.8 Å². The Morgan fingerprint density at radius 3 is 2.56 bits per heavy atom. The lowest BCUT2D eigenvalue weighted by Gasteiger charge is -2.34. The minimum Gasteiger partial charge on any atom is -0.383 e. The van der Waals surface area contributed by atoms with Crippen LogP contribution in [0.4, 0.5) is 0 Å². The number of morpholine rings is 1. The van der Waals surface area contributed by atoms with Gasteiger partial charge in [-0.3, -0.25) is 14.5 Å². The van der Waals surface area contributed by atoms with E-state index in [2.05, 4.69) is 23.7 Å². The number of nitrogens with zero attached hydrogens (tertiary/aromatic N) is 5. The highest BCUT2D eigenvalue weighted by molar-refractivity contribution is 7.71. The van der Waals surface area contributed by atoms with Gasteiger partial charge in [-0.25, -0.2) is 4.68 Å². The van der Waals surface area contributed by atoms with Gasteiger partial charge in [0, 0.05) is 38.2 Å². The Kier molecular flexibility index (Phi) is 5.95. The summed E-state index contributed by atoms with van der Waals surface area (Å²) >= 11 is 5.69. The van der Waals surface area contributed by atoms with Crippen LogP contribution >= 0.6 is 12.2 Å². The second-order valence-corrected chi connectivity index (χ2v) is 6.79. The van der Waals surface area contributed by atoms with Gasteiger partial charge >= 0.3 is 0 Å². The van der Waals surface area contributed by atoms with Crippen LogP contribution in [0.25, 0.3) is 11.4 Å². The predicted molar refractivity (Wildman–Crippen MR) is 97.7 cm³/mol. The lowest BCUT2D eigenvalue weighted by atomic mass is 10.2. The SMILES string of the molecule is COCCn1c(-c2ccncc2)nn(CN2C[C@@H](C)O[C@@H](C)C2)c1=S. The Hall–Kier alpha value is -1.61. The maximum absolute atomic E-state index is 5.81. The van der Waals surface area contributed by atoms with Gasteiger partial charge in [-0.05, 0) is 38.2 Å². The highest BCUT2D eigenvalue weighted by Crippen LogP contribution is 2.19. The van der Waals surface area contributed by atoms with E-state index in [1.807, 2.05) is 21.4 Å². The van der Waals surface area contributed by atoms with Crippen LogP contribution in [-0.4, -0.2) is 63.2 Å². The van der Waals surface area contributed by atoms with Crippen LogP contribution in [0.15, 0.2) is 24.5 Å². The molecular formula is C17H25N5O2S. The first kappa shape index (κ1) is 18.2. The standard InChI is InChI=1S/C17H25N5O2S/c1-13-10-20(11-14(2)24-13)12-22-17(25)21(8-9-23-3)16(19-22)15-4-6-18-7-5-15/h4-7,13-14H,8-12H2,1-3H3/t13-,14+. The van der Waals surface area contributed by atoms with Crippen molar-refractivity contribution in [2.24, 2.45) is 0 Å². The average molecular weight is 363 g/mol. The Morgan fingerprint density at radius 2 is 1.92 bits per heavy atom. The van der Waals surface area contributed by atoms with Crippen molar-refractivity contribution in [3.8, 4) is 11.4 Å². The molecule has 0 radical (unpaired) electrons. The van der Waals surface area contributed by atoms with E-state index in [4.69, 9.17) is 26.8 Å². The molecule has 0 N–H and O–H groups in total. The average Bonchev–Trinajstić information content (AvgIpc) is 2.89. The zero-order valence-corrected chi connectivity index (χ0v) is 15.8. The van der Waals surface area contributed by atoms with E-state index >= 15 is 0 Å². The highest BCUT2D eigenvalue weighted by Gasteiger charge is 2.23. The molecule has 3 rings (SSSR count). The van der Waals surface area contributed by atoms with E-state index in [0.29, 0.717) is 24.6 Å². The van der Waals surface area contributed by atoms with E-state index in [1.165, 1.54) is 0 Å². The third-order valence-electron chi connectivity index (χ3n) is 4.21. The summed E-state index contributed by atoms with van der Waals surface area (Å²) in [5, 5.41) is 4.79. The van der Waals surface area contributed by atoms with Crippen LogP contribution in [0.2, 0.25) is 0 Å². The van der Waals surface area contributed by atoms with E-state index in [1.54, 1.807) is 19.5 Å². The first-order valence-corrected chi connectivity index (χ1v) is 8.94. The summed E-state index contributed by atoms with van der Waals surface area (Å²) in [6, 6.07) is 3.90. The molecule has 25 heavy (non-hydrogen) atoms. The molecule has 7 nitrogen and oxygen atoms in total. The second kappa shape index (κ2) is 8.18. The van der Waals surface area contributed by atoms with Gasteiger partial charge in [-0.1, -0.05) is 0 Å². The smallest absolute Gasteiger partial charge is 0.199 e. The minimum atomic E-state index is 0.216. The van der Waals surface area contributed by atoms with Crippen molar-refractivity contribution < 1.29 is 9.47 Å². The van der Waals surface area contributed by atoms with Crippen LogP contribution in [0.5, 0.6) is 0 Å². The quantitative estimate of drug-likeness (QED) is 0.734. The third kappa shape index (κ3) is 4.33. The molecule has 0 spiro atoms. The fraction of sp³-hybridized carbons (Fsp3) is 0.588. The summed E-state index contributed by atoms with van der Waals surface area (Å²) in [4.78, 5) is 6.42. The first-order chi connectivity index (χ1) is 12.1. The number of hydrogen-bond acceptors (Lipinski definition) is 6. The molecule has 1 aliphatic heterocycles. The number of rotatable bonds is 6. The molecule has 1 aliphatic rings. The zero-order valence-electron chi connectivity index (χ0n) is 15.0.